The van der Waals surface area contributed by atoms with Crippen molar-refractivity contribution >= 4 is 16.8 Å². The summed E-state index contributed by atoms with van der Waals surface area (Å²) in [6, 6.07) is 17.2. The second-order valence-electron chi connectivity index (χ2n) is 7.20. The predicted molar refractivity (Wildman–Crippen MR) is 107 cm³/mol. The van der Waals surface area contributed by atoms with Crippen molar-refractivity contribution in [2.24, 2.45) is 0 Å². The van der Waals surface area contributed by atoms with Crippen LogP contribution in [0.3, 0.4) is 0 Å². The largest absolute Gasteiger partial charge is 0.354 e. The van der Waals surface area contributed by atoms with Gasteiger partial charge in [-0.2, -0.15) is 0 Å². The molecule has 0 radical (unpaired) electrons. The minimum Gasteiger partial charge on any atom is -0.354 e. The zero-order chi connectivity index (χ0) is 20.0. The van der Waals surface area contributed by atoms with Crippen LogP contribution in [0.1, 0.15) is 34.6 Å². The lowest BCUT2D eigenvalue weighted by Gasteiger charge is -2.32. The summed E-state index contributed by atoms with van der Waals surface area (Å²) < 4.78 is 18.8. The molecule has 144 valence electrons. The topological polar surface area (TPSA) is 59.2 Å². The molecule has 1 unspecified atom stereocenters. The summed E-state index contributed by atoms with van der Waals surface area (Å²) in [5.41, 5.74) is 3.83. The van der Waals surface area contributed by atoms with Gasteiger partial charge in [0.15, 0.2) is 5.76 Å². The monoisotopic (exact) mass is 387 g/mol. The highest BCUT2D eigenvalue weighted by molar-refractivity contribution is 5.94. The molecule has 1 aliphatic heterocycles. The third-order valence-electron chi connectivity index (χ3n) is 5.47. The molecule has 29 heavy (non-hydrogen) atoms. The molecule has 4 aromatic rings. The minimum atomic E-state index is -0.362. The maximum absolute atomic E-state index is 13.2. The van der Waals surface area contributed by atoms with Crippen LogP contribution in [0.25, 0.3) is 22.4 Å². The Balaban J connectivity index is 1.47. The van der Waals surface area contributed by atoms with Gasteiger partial charge in [-0.05, 0) is 49.7 Å². The number of aromatic nitrogens is 2. The number of hydrogen-bond donors (Lipinski definition) is 0. The summed E-state index contributed by atoms with van der Waals surface area (Å²) in [4.78, 5) is 19.3. The number of amides is 1. The van der Waals surface area contributed by atoms with Crippen molar-refractivity contribution < 1.29 is 13.7 Å². The Morgan fingerprint density at radius 1 is 1.10 bits per heavy atom. The highest BCUT2D eigenvalue weighted by atomic mass is 19.1. The summed E-state index contributed by atoms with van der Waals surface area (Å²) in [6.45, 7) is 2.46. The summed E-state index contributed by atoms with van der Waals surface area (Å²) in [6.07, 6.45) is 0.625. The third kappa shape index (κ3) is 2.97. The van der Waals surface area contributed by atoms with Gasteiger partial charge in [-0.1, -0.05) is 29.4 Å². The van der Waals surface area contributed by atoms with Crippen molar-refractivity contribution in [2.45, 2.75) is 19.4 Å². The Morgan fingerprint density at radius 3 is 2.72 bits per heavy atom. The van der Waals surface area contributed by atoms with Crippen molar-refractivity contribution in [3.63, 3.8) is 0 Å². The molecule has 1 atom stereocenters. The van der Waals surface area contributed by atoms with Crippen LogP contribution in [-0.2, 0) is 6.42 Å². The van der Waals surface area contributed by atoms with E-state index in [4.69, 9.17) is 9.51 Å². The van der Waals surface area contributed by atoms with E-state index in [1.54, 1.807) is 4.90 Å². The van der Waals surface area contributed by atoms with Gasteiger partial charge in [-0.25, -0.2) is 9.37 Å². The fourth-order valence-electron chi connectivity index (χ4n) is 3.89. The van der Waals surface area contributed by atoms with Gasteiger partial charge in [0.2, 0.25) is 0 Å². The van der Waals surface area contributed by atoms with Crippen molar-refractivity contribution in [2.75, 3.05) is 6.54 Å². The maximum Gasteiger partial charge on any atom is 0.254 e. The van der Waals surface area contributed by atoms with E-state index in [1.165, 1.54) is 24.3 Å². The second-order valence-corrected chi connectivity index (χ2v) is 7.20. The summed E-state index contributed by atoms with van der Waals surface area (Å²) in [5, 5.41) is 5.33. The molecule has 5 rings (SSSR count). The number of carbonyl (C=O) groups is 1. The molecule has 0 bridgehead atoms. The van der Waals surface area contributed by atoms with Gasteiger partial charge < -0.3 is 9.42 Å². The molecule has 5 nitrogen and oxygen atoms in total. The molecule has 0 fully saturated rings. The van der Waals surface area contributed by atoms with Crippen LogP contribution in [0.5, 0.6) is 0 Å². The Labute approximate surface area is 166 Å². The number of carbonyl (C=O) groups excluding carboxylic acids is 1. The Hall–Kier alpha value is -3.54. The van der Waals surface area contributed by atoms with E-state index in [2.05, 4.69) is 5.16 Å². The molecule has 0 spiro atoms. The van der Waals surface area contributed by atoms with Gasteiger partial charge in [-0.3, -0.25) is 4.79 Å². The van der Waals surface area contributed by atoms with E-state index in [9.17, 15) is 9.18 Å². The normalized spacial score (nSPS) is 16.1. The molecule has 0 saturated heterocycles. The van der Waals surface area contributed by atoms with E-state index in [-0.39, 0.29) is 17.8 Å². The van der Waals surface area contributed by atoms with Crippen molar-refractivity contribution in [3.8, 4) is 11.5 Å². The van der Waals surface area contributed by atoms with Gasteiger partial charge in [0, 0.05) is 23.1 Å². The summed E-state index contributed by atoms with van der Waals surface area (Å²) >= 11 is 0. The lowest BCUT2D eigenvalue weighted by atomic mass is 9.96. The first kappa shape index (κ1) is 17.6. The molecule has 1 amide bonds. The number of nitrogens with zero attached hydrogens (tertiary/aromatic N) is 3. The van der Waals surface area contributed by atoms with Crippen LogP contribution in [0.2, 0.25) is 0 Å². The molecular formula is C23H18FN3O2. The molecule has 0 aliphatic carbocycles. The third-order valence-corrected chi connectivity index (χ3v) is 5.47. The zero-order valence-corrected chi connectivity index (χ0v) is 15.8. The summed E-state index contributed by atoms with van der Waals surface area (Å²) in [5.74, 6) is 0.155. The van der Waals surface area contributed by atoms with Gasteiger partial charge in [0.25, 0.3) is 5.91 Å². The van der Waals surface area contributed by atoms with Gasteiger partial charge in [0.1, 0.15) is 17.2 Å². The van der Waals surface area contributed by atoms with Crippen molar-refractivity contribution in [3.05, 3.63) is 83.3 Å². The zero-order valence-electron chi connectivity index (χ0n) is 15.8. The number of hydrogen-bond acceptors (Lipinski definition) is 4. The number of para-hydroxylation sites is 1. The van der Waals surface area contributed by atoms with E-state index in [0.29, 0.717) is 24.3 Å². The van der Waals surface area contributed by atoms with E-state index in [0.717, 1.165) is 27.9 Å². The van der Waals surface area contributed by atoms with Gasteiger partial charge in [-0.15, -0.1) is 0 Å². The van der Waals surface area contributed by atoms with Gasteiger partial charge in [0.05, 0.1) is 11.6 Å². The van der Waals surface area contributed by atoms with E-state index < -0.39 is 0 Å². The Kier molecular flexibility index (Phi) is 4.12. The average Bonchev–Trinajstić information content (AvgIpc) is 3.19. The van der Waals surface area contributed by atoms with Crippen molar-refractivity contribution in [1.82, 2.24) is 15.0 Å². The first-order valence-electron chi connectivity index (χ1n) is 9.53. The number of benzene rings is 2. The maximum atomic E-state index is 13.2. The molecule has 1 aliphatic rings. The highest BCUT2D eigenvalue weighted by Gasteiger charge is 2.33. The molecule has 3 heterocycles. The van der Waals surface area contributed by atoms with Crippen LogP contribution in [0.15, 0.2) is 65.2 Å². The van der Waals surface area contributed by atoms with Crippen LogP contribution < -0.4 is 0 Å². The quantitative estimate of drug-likeness (QED) is 0.496. The smallest absolute Gasteiger partial charge is 0.254 e. The number of fused-ring (bicyclic) bond motifs is 2. The van der Waals surface area contributed by atoms with Crippen molar-refractivity contribution in [1.29, 1.82) is 0 Å². The van der Waals surface area contributed by atoms with Crippen LogP contribution in [-0.4, -0.2) is 27.5 Å². The predicted octanol–water partition coefficient (Wildman–Crippen LogP) is 4.79. The fraction of sp³-hybridized carbons (Fsp3) is 0.174. The average molecular weight is 387 g/mol. The van der Waals surface area contributed by atoms with Crippen LogP contribution in [0.4, 0.5) is 4.39 Å². The Bertz CT molecular complexity index is 1220. The van der Waals surface area contributed by atoms with E-state index >= 15 is 0 Å². The first-order chi connectivity index (χ1) is 14.1. The molecule has 6 heteroatoms. The molecule has 2 aromatic carbocycles. The van der Waals surface area contributed by atoms with E-state index in [1.807, 2.05) is 43.3 Å². The summed E-state index contributed by atoms with van der Waals surface area (Å²) in [7, 11) is 0. The number of pyridine rings is 1. The molecular weight excluding hydrogens is 369 g/mol. The lowest BCUT2D eigenvalue weighted by molar-refractivity contribution is 0.0672. The molecule has 0 N–H and O–H groups in total. The lowest BCUT2D eigenvalue weighted by Crippen LogP contribution is -2.38. The fourth-order valence-corrected chi connectivity index (χ4v) is 3.89. The SMILES string of the molecule is CC1c2noc(-c3ccc4ccccc4n3)c2CCN1C(=O)c1ccc(F)cc1. The second kappa shape index (κ2) is 6.81. The molecule has 0 saturated carbocycles. The molecule has 2 aromatic heterocycles. The highest BCUT2D eigenvalue weighted by Crippen LogP contribution is 2.36. The Morgan fingerprint density at radius 2 is 1.90 bits per heavy atom. The van der Waals surface area contributed by atoms with Gasteiger partial charge >= 0.3 is 0 Å². The minimum absolute atomic E-state index is 0.142. The van der Waals surface area contributed by atoms with Crippen LogP contribution >= 0.6 is 0 Å². The number of halogens is 1. The first-order valence-corrected chi connectivity index (χ1v) is 9.53. The number of rotatable bonds is 2. The standard InChI is InChI=1S/C23H18FN3O2/c1-14-21-18(12-13-27(14)23(28)16-6-9-17(24)10-7-16)22(29-26-21)20-11-8-15-4-2-3-5-19(15)25-20/h2-11,14H,12-13H2,1H3. The van der Waals surface area contributed by atoms with Crippen LogP contribution in [0, 0.1) is 5.82 Å².